The molecule has 0 aliphatic carbocycles. The second-order valence-corrected chi connectivity index (χ2v) is 3.56. The van der Waals surface area contributed by atoms with Gasteiger partial charge in [0.15, 0.2) is 0 Å². The van der Waals surface area contributed by atoms with Gasteiger partial charge in [-0.25, -0.2) is 0 Å². The van der Waals surface area contributed by atoms with Gasteiger partial charge in [-0.15, -0.1) is 0 Å². The molecule has 0 fully saturated rings. The van der Waals surface area contributed by atoms with Gasteiger partial charge in [0, 0.05) is 31.0 Å². The van der Waals surface area contributed by atoms with Crippen molar-refractivity contribution in [1.29, 1.82) is 0 Å². The number of nitrogens with zero attached hydrogens (tertiary/aromatic N) is 2. The summed E-state index contributed by atoms with van der Waals surface area (Å²) in [5.74, 6) is 0.324. The summed E-state index contributed by atoms with van der Waals surface area (Å²) in [5, 5.41) is 3.96. The molecule has 5 heteroatoms. The van der Waals surface area contributed by atoms with E-state index in [1.807, 2.05) is 19.1 Å². The van der Waals surface area contributed by atoms with Crippen molar-refractivity contribution in [3.8, 4) is 11.1 Å². The van der Waals surface area contributed by atoms with Gasteiger partial charge in [-0.2, -0.15) is 0 Å². The number of anilines is 1. The molecule has 2 aromatic rings. The summed E-state index contributed by atoms with van der Waals surface area (Å²) in [7, 11) is 0. The molecule has 2 N–H and O–H groups in total. The quantitative estimate of drug-likeness (QED) is 0.798. The minimum Gasteiger partial charge on any atom is -0.381 e. The number of nitrogen functional groups attached to an aromatic ring is 1. The van der Waals surface area contributed by atoms with Crippen molar-refractivity contribution >= 4 is 5.88 Å². The van der Waals surface area contributed by atoms with Gasteiger partial charge in [0.2, 0.25) is 5.88 Å². The molecule has 2 rings (SSSR count). The third-order valence-corrected chi connectivity index (χ3v) is 2.43. The molecule has 0 saturated heterocycles. The van der Waals surface area contributed by atoms with Crippen LogP contribution in [0.25, 0.3) is 11.1 Å². The topological polar surface area (TPSA) is 74.2 Å². The molecule has 2 heterocycles. The number of hydrogen-bond acceptors (Lipinski definition) is 5. The molecule has 0 bridgehead atoms. The van der Waals surface area contributed by atoms with E-state index in [4.69, 9.17) is 15.0 Å². The van der Waals surface area contributed by atoms with Crippen molar-refractivity contribution < 1.29 is 9.26 Å². The van der Waals surface area contributed by atoms with Gasteiger partial charge >= 0.3 is 0 Å². The molecule has 0 unspecified atom stereocenters. The summed E-state index contributed by atoms with van der Waals surface area (Å²) in [6.45, 7) is 3.25. The molecule has 0 saturated carbocycles. The van der Waals surface area contributed by atoms with Crippen LogP contribution in [0.5, 0.6) is 0 Å². The summed E-state index contributed by atoms with van der Waals surface area (Å²) in [6, 6.07) is 3.79. The van der Waals surface area contributed by atoms with Crippen LogP contribution in [0.1, 0.15) is 12.6 Å². The summed E-state index contributed by atoms with van der Waals surface area (Å²) >= 11 is 0. The predicted octanol–water partition coefficient (Wildman–Crippen LogP) is 1.90. The largest absolute Gasteiger partial charge is 0.381 e. The van der Waals surface area contributed by atoms with Crippen LogP contribution in [-0.4, -0.2) is 23.4 Å². The van der Waals surface area contributed by atoms with Crippen molar-refractivity contribution in [3.63, 3.8) is 0 Å². The fourth-order valence-electron chi connectivity index (χ4n) is 1.64. The van der Waals surface area contributed by atoms with Gasteiger partial charge < -0.3 is 15.0 Å². The van der Waals surface area contributed by atoms with E-state index in [0.717, 1.165) is 16.8 Å². The Hall–Kier alpha value is -1.88. The van der Waals surface area contributed by atoms with Crippen molar-refractivity contribution in [2.45, 2.75) is 13.3 Å². The third-order valence-electron chi connectivity index (χ3n) is 2.43. The molecule has 0 amide bonds. The molecule has 2 aromatic heterocycles. The first-order valence-electron chi connectivity index (χ1n) is 5.55. The Kier molecular flexibility index (Phi) is 3.72. The Balaban J connectivity index is 2.24. The smallest absolute Gasteiger partial charge is 0.230 e. The van der Waals surface area contributed by atoms with Gasteiger partial charge in [-0.1, -0.05) is 11.2 Å². The average Bonchev–Trinajstić information content (AvgIpc) is 2.72. The lowest BCUT2D eigenvalue weighted by Crippen LogP contribution is -2.00. The molecule has 0 radical (unpaired) electrons. The lowest BCUT2D eigenvalue weighted by atomic mass is 10.1. The Morgan fingerprint density at radius 1 is 1.47 bits per heavy atom. The molecular formula is C12H15N3O2. The molecule has 5 nitrogen and oxygen atoms in total. The number of rotatable bonds is 5. The molecule has 0 aliphatic rings. The molecule has 0 aromatic carbocycles. The van der Waals surface area contributed by atoms with Crippen LogP contribution in [0.4, 0.5) is 5.88 Å². The Morgan fingerprint density at radius 3 is 3.06 bits per heavy atom. The van der Waals surface area contributed by atoms with Crippen LogP contribution in [0.2, 0.25) is 0 Å². The number of aromatic nitrogens is 2. The van der Waals surface area contributed by atoms with Gasteiger partial charge in [-0.3, -0.25) is 4.98 Å². The number of nitrogens with two attached hydrogens (primary N) is 1. The summed E-state index contributed by atoms with van der Waals surface area (Å²) in [4.78, 5) is 4.06. The highest BCUT2D eigenvalue weighted by molar-refractivity contribution is 5.74. The summed E-state index contributed by atoms with van der Waals surface area (Å²) < 4.78 is 10.3. The van der Waals surface area contributed by atoms with Gasteiger partial charge in [-0.05, 0) is 13.0 Å². The normalized spacial score (nSPS) is 10.6. The molecular weight excluding hydrogens is 218 g/mol. The Bertz CT molecular complexity index is 468. The highest BCUT2D eigenvalue weighted by Gasteiger charge is 2.15. The third kappa shape index (κ3) is 2.62. The van der Waals surface area contributed by atoms with Crippen molar-refractivity contribution in [2.75, 3.05) is 18.9 Å². The van der Waals surface area contributed by atoms with E-state index in [1.165, 1.54) is 0 Å². The van der Waals surface area contributed by atoms with E-state index in [-0.39, 0.29) is 0 Å². The van der Waals surface area contributed by atoms with Crippen LogP contribution >= 0.6 is 0 Å². The maximum absolute atomic E-state index is 5.78. The molecule has 17 heavy (non-hydrogen) atoms. The van der Waals surface area contributed by atoms with Gasteiger partial charge in [0.1, 0.15) is 0 Å². The van der Waals surface area contributed by atoms with Crippen LogP contribution < -0.4 is 5.73 Å². The zero-order chi connectivity index (χ0) is 12.1. The zero-order valence-electron chi connectivity index (χ0n) is 9.72. The van der Waals surface area contributed by atoms with Crippen molar-refractivity contribution in [2.24, 2.45) is 0 Å². The molecule has 0 spiro atoms. The minimum absolute atomic E-state index is 0.324. The maximum Gasteiger partial charge on any atom is 0.230 e. The summed E-state index contributed by atoms with van der Waals surface area (Å²) in [5.41, 5.74) is 8.32. The average molecular weight is 233 g/mol. The standard InChI is InChI=1S/C12H15N3O2/c1-2-16-7-5-10-11(12(13)17-15-10)9-4-3-6-14-8-9/h3-4,6,8H,2,5,7,13H2,1H3. The van der Waals surface area contributed by atoms with Gasteiger partial charge in [0.05, 0.1) is 17.9 Å². The second-order valence-electron chi connectivity index (χ2n) is 3.56. The number of pyridine rings is 1. The summed E-state index contributed by atoms with van der Waals surface area (Å²) in [6.07, 6.45) is 4.14. The van der Waals surface area contributed by atoms with Crippen LogP contribution in [0.3, 0.4) is 0 Å². The van der Waals surface area contributed by atoms with E-state index in [2.05, 4.69) is 10.1 Å². The van der Waals surface area contributed by atoms with Crippen molar-refractivity contribution in [3.05, 3.63) is 30.2 Å². The first kappa shape index (κ1) is 11.6. The monoisotopic (exact) mass is 233 g/mol. The first-order valence-corrected chi connectivity index (χ1v) is 5.55. The van der Waals surface area contributed by atoms with E-state index >= 15 is 0 Å². The van der Waals surface area contributed by atoms with Crippen LogP contribution in [0.15, 0.2) is 29.0 Å². The highest BCUT2D eigenvalue weighted by Crippen LogP contribution is 2.29. The molecule has 0 aliphatic heterocycles. The lowest BCUT2D eigenvalue weighted by molar-refractivity contribution is 0.149. The van der Waals surface area contributed by atoms with Crippen molar-refractivity contribution in [1.82, 2.24) is 10.1 Å². The number of hydrogen-bond donors (Lipinski definition) is 1. The Morgan fingerprint density at radius 2 is 2.35 bits per heavy atom. The van der Waals surface area contributed by atoms with Crippen LogP contribution in [0, 0.1) is 0 Å². The van der Waals surface area contributed by atoms with E-state index in [0.29, 0.717) is 25.5 Å². The SMILES string of the molecule is CCOCCc1noc(N)c1-c1cccnc1. The highest BCUT2D eigenvalue weighted by atomic mass is 16.5. The fourth-order valence-corrected chi connectivity index (χ4v) is 1.64. The molecule has 0 atom stereocenters. The lowest BCUT2D eigenvalue weighted by Gasteiger charge is -2.02. The zero-order valence-corrected chi connectivity index (χ0v) is 9.72. The molecule has 90 valence electrons. The van der Waals surface area contributed by atoms with E-state index in [1.54, 1.807) is 12.4 Å². The second kappa shape index (κ2) is 5.45. The van der Waals surface area contributed by atoms with E-state index < -0.39 is 0 Å². The van der Waals surface area contributed by atoms with Crippen LogP contribution in [-0.2, 0) is 11.2 Å². The maximum atomic E-state index is 5.78. The number of ether oxygens (including phenoxy) is 1. The Labute approximate surface area is 99.6 Å². The minimum atomic E-state index is 0.324. The van der Waals surface area contributed by atoms with E-state index in [9.17, 15) is 0 Å². The fraction of sp³-hybridized carbons (Fsp3) is 0.333. The van der Waals surface area contributed by atoms with Gasteiger partial charge in [0.25, 0.3) is 0 Å². The first-order chi connectivity index (χ1) is 8.33. The predicted molar refractivity (Wildman–Crippen MR) is 64.3 cm³/mol.